The van der Waals surface area contributed by atoms with E-state index in [1.807, 2.05) is 17.1 Å². The zero-order valence-electron chi connectivity index (χ0n) is 17.2. The van der Waals surface area contributed by atoms with Gasteiger partial charge < -0.3 is 5.32 Å². The van der Waals surface area contributed by atoms with Gasteiger partial charge in [-0.3, -0.25) is 0 Å². The van der Waals surface area contributed by atoms with Crippen molar-refractivity contribution >= 4 is 22.4 Å². The molecule has 2 N–H and O–H groups in total. The van der Waals surface area contributed by atoms with Crippen LogP contribution in [0.2, 0.25) is 0 Å². The molecular weight excluding hydrogens is 394 g/mol. The van der Waals surface area contributed by atoms with Crippen LogP contribution in [0.4, 0.5) is 0 Å². The van der Waals surface area contributed by atoms with Crippen LogP contribution in [0.3, 0.4) is 0 Å². The van der Waals surface area contributed by atoms with Gasteiger partial charge in [-0.25, -0.2) is 13.4 Å². The average molecular weight is 430 g/mol. The molecule has 1 aromatic rings. The van der Waals surface area contributed by atoms with Gasteiger partial charge in [-0.15, -0.1) is 17.2 Å². The normalized spacial score (nSPS) is 21.2. The number of hydrogen-bond donors (Lipinski definition) is 2. The van der Waals surface area contributed by atoms with Gasteiger partial charge in [0.1, 0.15) is 0 Å². The van der Waals surface area contributed by atoms with Crippen LogP contribution in [0, 0.1) is 11.3 Å². The Bertz CT molecular complexity index is 718. The van der Waals surface area contributed by atoms with E-state index in [1.165, 1.54) is 32.1 Å². The van der Waals surface area contributed by atoms with Gasteiger partial charge in [-0.05, 0) is 61.3 Å². The molecule has 1 aromatic carbocycles. The first kappa shape index (κ1) is 23.6. The quantitative estimate of drug-likeness (QED) is 0.685. The molecule has 0 unspecified atom stereocenters. The Kier molecular flexibility index (Phi) is 8.77. The van der Waals surface area contributed by atoms with E-state index in [0.717, 1.165) is 50.5 Å². The summed E-state index contributed by atoms with van der Waals surface area (Å²) in [6.45, 7) is 7.63. The van der Waals surface area contributed by atoms with Gasteiger partial charge in [0.05, 0.1) is 4.90 Å². The van der Waals surface area contributed by atoms with Crippen molar-refractivity contribution in [2.24, 2.45) is 11.3 Å². The van der Waals surface area contributed by atoms with Crippen molar-refractivity contribution in [3.63, 3.8) is 0 Å². The monoisotopic (exact) mass is 429 g/mol. The van der Waals surface area contributed by atoms with E-state index >= 15 is 0 Å². The summed E-state index contributed by atoms with van der Waals surface area (Å²) in [5.41, 5.74) is 1.17. The van der Waals surface area contributed by atoms with Crippen LogP contribution < -0.4 is 10.1 Å². The molecule has 0 radical (unpaired) electrons. The van der Waals surface area contributed by atoms with Crippen LogP contribution in [0.1, 0.15) is 64.4 Å². The van der Waals surface area contributed by atoms with Crippen LogP contribution in [0.15, 0.2) is 29.2 Å². The molecule has 1 heterocycles. The summed E-state index contributed by atoms with van der Waals surface area (Å²) in [4.78, 5) is 3.14. The highest BCUT2D eigenvalue weighted by Gasteiger charge is 2.29. The van der Waals surface area contributed by atoms with E-state index in [2.05, 4.69) is 24.0 Å². The number of hydrogen-bond acceptors (Lipinski definition) is 4. The maximum atomic E-state index is 12.8. The molecule has 1 saturated carbocycles. The summed E-state index contributed by atoms with van der Waals surface area (Å²) in [5, 5.41) is 5.37. The Hall–Kier alpha value is -0.660. The fourth-order valence-corrected chi connectivity index (χ4v) is 5.52. The standard InChI is InChI=1S/C21H35N3O2S.ClH/c1-21(2)12-7-13-24(17-21)23-27(25,26)20-11-6-10-19(14-20)16-22-15-18-8-4-3-5-9-18;/h6,10-11,14,18,22-23H,3-5,7-9,12-13,15-17H2,1-2H3;1H. The van der Waals surface area contributed by atoms with Gasteiger partial charge in [0, 0.05) is 19.6 Å². The Morgan fingerprint density at radius 1 is 1.14 bits per heavy atom. The van der Waals surface area contributed by atoms with Crippen LogP contribution in [-0.2, 0) is 16.6 Å². The van der Waals surface area contributed by atoms with Gasteiger partial charge in [0.25, 0.3) is 10.0 Å². The lowest BCUT2D eigenvalue weighted by atomic mass is 9.85. The molecule has 1 aliphatic heterocycles. The molecule has 0 spiro atoms. The minimum atomic E-state index is -3.53. The van der Waals surface area contributed by atoms with Gasteiger partial charge >= 0.3 is 0 Å². The highest BCUT2D eigenvalue weighted by atomic mass is 35.5. The molecule has 1 saturated heterocycles. The number of hydrazine groups is 1. The summed E-state index contributed by atoms with van der Waals surface area (Å²) < 4.78 is 25.6. The number of sulfonamides is 1. The molecule has 0 bridgehead atoms. The SMILES string of the molecule is CC1(C)CCCN(NS(=O)(=O)c2cccc(CNCC3CCCCC3)c2)C1.Cl. The van der Waals surface area contributed by atoms with Crippen molar-refractivity contribution in [1.29, 1.82) is 0 Å². The smallest absolute Gasteiger partial charge is 0.253 e. The molecule has 0 aromatic heterocycles. The Labute approximate surface area is 177 Å². The van der Waals surface area contributed by atoms with Crippen LogP contribution in [0.5, 0.6) is 0 Å². The lowest BCUT2D eigenvalue weighted by Gasteiger charge is -2.37. The van der Waals surface area contributed by atoms with Gasteiger partial charge in [-0.2, -0.15) is 0 Å². The topological polar surface area (TPSA) is 61.4 Å². The van der Waals surface area contributed by atoms with Crippen molar-refractivity contribution in [3.8, 4) is 0 Å². The Balaban J connectivity index is 0.00000280. The van der Waals surface area contributed by atoms with E-state index in [1.54, 1.807) is 12.1 Å². The summed E-state index contributed by atoms with van der Waals surface area (Å²) in [6, 6.07) is 7.32. The minimum Gasteiger partial charge on any atom is -0.312 e. The fraction of sp³-hybridized carbons (Fsp3) is 0.714. The molecule has 2 fully saturated rings. The molecule has 0 atom stereocenters. The molecule has 160 valence electrons. The number of rotatable bonds is 7. The van der Waals surface area contributed by atoms with Crippen molar-refractivity contribution in [2.75, 3.05) is 19.6 Å². The Morgan fingerprint density at radius 3 is 2.61 bits per heavy atom. The van der Waals surface area contributed by atoms with Crippen LogP contribution in [-0.4, -0.2) is 33.1 Å². The Morgan fingerprint density at radius 2 is 1.89 bits per heavy atom. The summed E-state index contributed by atoms with van der Waals surface area (Å²) in [6.07, 6.45) is 8.85. The number of piperidine rings is 1. The molecule has 3 rings (SSSR count). The van der Waals surface area contributed by atoms with Crippen LogP contribution >= 0.6 is 12.4 Å². The average Bonchev–Trinajstić information content (AvgIpc) is 2.62. The third-order valence-corrected chi connectivity index (χ3v) is 7.22. The largest absolute Gasteiger partial charge is 0.312 e. The zero-order chi connectivity index (χ0) is 19.3. The van der Waals surface area contributed by atoms with Crippen molar-refractivity contribution in [3.05, 3.63) is 29.8 Å². The summed E-state index contributed by atoms with van der Waals surface area (Å²) in [5.74, 6) is 0.773. The third kappa shape index (κ3) is 6.99. The second-order valence-corrected chi connectivity index (χ2v) is 10.7. The third-order valence-electron chi connectivity index (χ3n) is 5.85. The molecule has 2 aliphatic rings. The predicted molar refractivity (Wildman–Crippen MR) is 117 cm³/mol. The van der Waals surface area contributed by atoms with E-state index in [9.17, 15) is 8.42 Å². The molecule has 0 amide bonds. The number of benzene rings is 1. The van der Waals surface area contributed by atoms with Gasteiger partial charge in [0.2, 0.25) is 0 Å². The van der Waals surface area contributed by atoms with E-state index < -0.39 is 10.0 Å². The predicted octanol–water partition coefficient (Wildman–Crippen LogP) is 4.09. The van der Waals surface area contributed by atoms with Crippen LogP contribution in [0.25, 0.3) is 0 Å². The lowest BCUT2D eigenvalue weighted by molar-refractivity contribution is 0.0988. The first-order valence-corrected chi connectivity index (χ1v) is 11.9. The highest BCUT2D eigenvalue weighted by Crippen LogP contribution is 2.28. The first-order chi connectivity index (χ1) is 12.8. The first-order valence-electron chi connectivity index (χ1n) is 10.4. The van der Waals surface area contributed by atoms with E-state index in [4.69, 9.17) is 0 Å². The second kappa shape index (κ2) is 10.4. The van der Waals surface area contributed by atoms with Gasteiger partial charge in [0.15, 0.2) is 0 Å². The van der Waals surface area contributed by atoms with Gasteiger partial charge in [-0.1, -0.05) is 45.2 Å². The van der Waals surface area contributed by atoms with E-state index in [-0.39, 0.29) is 17.8 Å². The summed E-state index contributed by atoms with van der Waals surface area (Å²) >= 11 is 0. The van der Waals surface area contributed by atoms with Crippen molar-refractivity contribution in [2.45, 2.75) is 70.2 Å². The fourth-order valence-electron chi connectivity index (χ4n) is 4.36. The lowest BCUT2D eigenvalue weighted by Crippen LogP contribution is -2.50. The number of nitrogens with one attached hydrogen (secondary N) is 2. The van der Waals surface area contributed by atoms with Crippen molar-refractivity contribution < 1.29 is 8.42 Å². The summed E-state index contributed by atoms with van der Waals surface area (Å²) in [7, 11) is -3.53. The second-order valence-electron chi connectivity index (χ2n) is 9.07. The number of halogens is 1. The molecule has 1 aliphatic carbocycles. The maximum absolute atomic E-state index is 12.8. The minimum absolute atomic E-state index is 0. The molecule has 5 nitrogen and oxygen atoms in total. The highest BCUT2D eigenvalue weighted by molar-refractivity contribution is 7.89. The van der Waals surface area contributed by atoms with E-state index in [0.29, 0.717) is 4.90 Å². The zero-order valence-corrected chi connectivity index (χ0v) is 18.9. The van der Waals surface area contributed by atoms with Crippen molar-refractivity contribution in [1.82, 2.24) is 15.2 Å². The molecule has 28 heavy (non-hydrogen) atoms. The molecule has 7 heteroatoms. The molecular formula is C21H36ClN3O2S. The number of nitrogens with zero attached hydrogens (tertiary/aromatic N) is 1. The maximum Gasteiger partial charge on any atom is 0.253 e.